The molecule has 0 saturated heterocycles. The number of hydrogen-bond acceptors (Lipinski definition) is 5. The van der Waals surface area contributed by atoms with Gasteiger partial charge in [-0.05, 0) is 7.05 Å². The van der Waals surface area contributed by atoms with Crippen LogP contribution >= 0.6 is 0 Å². The molecule has 0 aromatic rings. The predicted molar refractivity (Wildman–Crippen MR) is 43.6 cm³/mol. The van der Waals surface area contributed by atoms with E-state index in [4.69, 9.17) is 15.3 Å². The molecule has 5 N–H and O–H groups in total. The molecular formula is C7H17NO4. The molecule has 0 spiro atoms. The molecule has 5 nitrogen and oxygen atoms in total. The van der Waals surface area contributed by atoms with Gasteiger partial charge in [0.2, 0.25) is 0 Å². The molecule has 3 atom stereocenters. The van der Waals surface area contributed by atoms with E-state index in [1.165, 1.54) is 0 Å². The Morgan fingerprint density at radius 1 is 1.17 bits per heavy atom. The standard InChI is InChI=1S/C7H17NO4/c1-8-3-7(12)6(11)2-5(10)4-9/h5-12H,2-4H2,1H3/t5-,6?,7?/m0/s1. The number of likely N-dealkylation sites (N-methyl/N-ethyl adjacent to an activating group) is 1. The summed E-state index contributed by atoms with van der Waals surface area (Å²) >= 11 is 0. The van der Waals surface area contributed by atoms with E-state index < -0.39 is 24.9 Å². The first-order valence-electron chi connectivity index (χ1n) is 3.91. The van der Waals surface area contributed by atoms with E-state index in [2.05, 4.69) is 5.32 Å². The molecule has 0 aliphatic rings. The van der Waals surface area contributed by atoms with Crippen LogP contribution in [0, 0.1) is 0 Å². The fraction of sp³-hybridized carbons (Fsp3) is 1.00. The maximum atomic E-state index is 9.19. The Balaban J connectivity index is 3.62. The normalized spacial score (nSPS) is 18.8. The van der Waals surface area contributed by atoms with Gasteiger partial charge in [-0.25, -0.2) is 0 Å². The summed E-state index contributed by atoms with van der Waals surface area (Å²) in [5, 5.41) is 38.4. The van der Waals surface area contributed by atoms with Gasteiger partial charge in [-0.3, -0.25) is 0 Å². The summed E-state index contributed by atoms with van der Waals surface area (Å²) in [4.78, 5) is 0. The highest BCUT2D eigenvalue weighted by atomic mass is 16.3. The highest BCUT2D eigenvalue weighted by molar-refractivity contribution is 4.71. The van der Waals surface area contributed by atoms with Crippen LogP contribution in [0.15, 0.2) is 0 Å². The molecule has 0 saturated carbocycles. The number of hydrogen-bond donors (Lipinski definition) is 5. The van der Waals surface area contributed by atoms with Crippen molar-refractivity contribution in [3.05, 3.63) is 0 Å². The maximum Gasteiger partial charge on any atom is 0.0923 e. The molecule has 5 heteroatoms. The Labute approximate surface area is 71.7 Å². The van der Waals surface area contributed by atoms with E-state index in [0.717, 1.165) is 0 Å². The van der Waals surface area contributed by atoms with E-state index in [-0.39, 0.29) is 13.0 Å². The van der Waals surface area contributed by atoms with E-state index in [9.17, 15) is 5.11 Å². The molecule has 0 aromatic heterocycles. The van der Waals surface area contributed by atoms with Gasteiger partial charge in [0.15, 0.2) is 0 Å². The van der Waals surface area contributed by atoms with Gasteiger partial charge in [0, 0.05) is 13.0 Å². The maximum absolute atomic E-state index is 9.19. The van der Waals surface area contributed by atoms with Gasteiger partial charge in [-0.15, -0.1) is 0 Å². The molecule has 0 aliphatic carbocycles. The van der Waals surface area contributed by atoms with Crippen LogP contribution < -0.4 is 5.32 Å². The fourth-order valence-corrected chi connectivity index (χ4v) is 0.856. The SMILES string of the molecule is CNCC(O)C(O)C[C@H](O)CO. The minimum atomic E-state index is -1.00. The first-order valence-corrected chi connectivity index (χ1v) is 3.91. The molecule has 0 aliphatic heterocycles. The zero-order valence-electron chi connectivity index (χ0n) is 7.14. The molecule has 0 fully saturated rings. The van der Waals surface area contributed by atoms with Crippen LogP contribution in [0.1, 0.15) is 6.42 Å². The quantitative estimate of drug-likeness (QED) is 0.315. The second-order valence-electron chi connectivity index (χ2n) is 2.76. The molecule has 0 aromatic carbocycles. The Morgan fingerprint density at radius 2 is 1.75 bits per heavy atom. The largest absolute Gasteiger partial charge is 0.394 e. The molecule has 12 heavy (non-hydrogen) atoms. The summed E-state index contributed by atoms with van der Waals surface area (Å²) in [6.45, 7) is -0.136. The lowest BCUT2D eigenvalue weighted by atomic mass is 10.1. The van der Waals surface area contributed by atoms with Crippen LogP contribution in [-0.2, 0) is 0 Å². The van der Waals surface area contributed by atoms with Crippen molar-refractivity contribution in [3.63, 3.8) is 0 Å². The first kappa shape index (κ1) is 11.8. The smallest absolute Gasteiger partial charge is 0.0923 e. The highest BCUT2D eigenvalue weighted by Gasteiger charge is 2.18. The van der Waals surface area contributed by atoms with Gasteiger partial charge in [0.25, 0.3) is 0 Å². The van der Waals surface area contributed by atoms with Crippen LogP contribution in [0.4, 0.5) is 0 Å². The monoisotopic (exact) mass is 179 g/mol. The van der Waals surface area contributed by atoms with Gasteiger partial charge in [-0.2, -0.15) is 0 Å². The molecular weight excluding hydrogens is 162 g/mol. The van der Waals surface area contributed by atoms with Crippen LogP contribution in [0.5, 0.6) is 0 Å². The second-order valence-corrected chi connectivity index (χ2v) is 2.76. The summed E-state index contributed by atoms with van der Waals surface area (Å²) in [6.07, 6.45) is -2.89. The molecule has 74 valence electrons. The van der Waals surface area contributed by atoms with Crippen molar-refractivity contribution in [1.29, 1.82) is 0 Å². The third-order valence-corrected chi connectivity index (χ3v) is 1.58. The first-order chi connectivity index (χ1) is 5.61. The van der Waals surface area contributed by atoms with E-state index >= 15 is 0 Å². The summed E-state index contributed by atoms with van der Waals surface area (Å²) in [5.74, 6) is 0. The average Bonchev–Trinajstić information content (AvgIpc) is 2.04. The van der Waals surface area contributed by atoms with Crippen LogP contribution in [-0.4, -0.2) is 58.9 Å². The molecule has 0 bridgehead atoms. The van der Waals surface area contributed by atoms with Crippen LogP contribution in [0.2, 0.25) is 0 Å². The Bertz CT molecular complexity index is 112. The van der Waals surface area contributed by atoms with Crippen molar-refractivity contribution in [2.45, 2.75) is 24.7 Å². The predicted octanol–water partition coefficient (Wildman–Crippen LogP) is -2.33. The minimum absolute atomic E-state index is 0.0145. The average molecular weight is 179 g/mol. The van der Waals surface area contributed by atoms with Gasteiger partial charge < -0.3 is 25.7 Å². The van der Waals surface area contributed by atoms with E-state index in [0.29, 0.717) is 0 Å². The van der Waals surface area contributed by atoms with Crippen molar-refractivity contribution in [2.75, 3.05) is 20.2 Å². The molecule has 0 rings (SSSR count). The third kappa shape index (κ3) is 4.63. The lowest BCUT2D eigenvalue weighted by Gasteiger charge is -2.19. The molecule has 0 amide bonds. The molecule has 0 radical (unpaired) electrons. The van der Waals surface area contributed by atoms with E-state index in [1.54, 1.807) is 7.05 Å². The summed E-state index contributed by atoms with van der Waals surface area (Å²) in [6, 6.07) is 0. The third-order valence-electron chi connectivity index (χ3n) is 1.58. The van der Waals surface area contributed by atoms with Gasteiger partial charge in [-0.1, -0.05) is 0 Å². The lowest BCUT2D eigenvalue weighted by Crippen LogP contribution is -2.37. The zero-order valence-corrected chi connectivity index (χ0v) is 7.14. The fourth-order valence-electron chi connectivity index (χ4n) is 0.856. The van der Waals surface area contributed by atoms with Gasteiger partial charge >= 0.3 is 0 Å². The zero-order chi connectivity index (χ0) is 9.56. The minimum Gasteiger partial charge on any atom is -0.394 e. The van der Waals surface area contributed by atoms with Crippen molar-refractivity contribution in [1.82, 2.24) is 5.32 Å². The summed E-state index contributed by atoms with van der Waals surface area (Å²) < 4.78 is 0. The highest BCUT2D eigenvalue weighted by Crippen LogP contribution is 2.02. The van der Waals surface area contributed by atoms with Crippen LogP contribution in [0.3, 0.4) is 0 Å². The number of nitrogens with one attached hydrogen (secondary N) is 1. The van der Waals surface area contributed by atoms with Gasteiger partial charge in [0.1, 0.15) is 0 Å². The molecule has 0 heterocycles. The van der Waals surface area contributed by atoms with Crippen LogP contribution in [0.25, 0.3) is 0 Å². The number of rotatable bonds is 6. The topological polar surface area (TPSA) is 93.0 Å². The number of aliphatic hydroxyl groups excluding tert-OH is 4. The van der Waals surface area contributed by atoms with Crippen molar-refractivity contribution in [3.8, 4) is 0 Å². The van der Waals surface area contributed by atoms with Crippen molar-refractivity contribution >= 4 is 0 Å². The Morgan fingerprint density at radius 3 is 2.17 bits per heavy atom. The van der Waals surface area contributed by atoms with Gasteiger partial charge in [0.05, 0.1) is 24.9 Å². The molecule has 2 unspecified atom stereocenters. The van der Waals surface area contributed by atoms with E-state index in [1.807, 2.05) is 0 Å². The lowest BCUT2D eigenvalue weighted by molar-refractivity contribution is -0.0217. The Hall–Kier alpha value is -0.200. The summed E-state index contributed by atoms with van der Waals surface area (Å²) in [7, 11) is 1.65. The summed E-state index contributed by atoms with van der Waals surface area (Å²) in [5.41, 5.74) is 0. The second kappa shape index (κ2) is 6.33. The number of aliphatic hydroxyl groups is 4. The van der Waals surface area contributed by atoms with Crippen molar-refractivity contribution < 1.29 is 20.4 Å². The van der Waals surface area contributed by atoms with Crippen molar-refractivity contribution in [2.24, 2.45) is 0 Å². The Kier molecular flexibility index (Phi) is 6.23.